The Morgan fingerprint density at radius 2 is 2.00 bits per heavy atom. The van der Waals surface area contributed by atoms with Gasteiger partial charge < -0.3 is 5.43 Å². The summed E-state index contributed by atoms with van der Waals surface area (Å²) in [5, 5.41) is 0. The molecule has 3 N–H and O–H groups in total. The molecule has 0 amide bonds. The maximum Gasteiger partial charge on any atom is 0.0485 e. The highest BCUT2D eigenvalue weighted by molar-refractivity contribution is 5.52. The Labute approximate surface area is 84.4 Å². The van der Waals surface area contributed by atoms with Crippen LogP contribution in [-0.4, -0.2) is 0 Å². The highest BCUT2D eigenvalue weighted by Crippen LogP contribution is 2.02. The van der Waals surface area contributed by atoms with E-state index in [0.29, 0.717) is 0 Å². The molecule has 0 bridgehead atoms. The van der Waals surface area contributed by atoms with Crippen LogP contribution in [0.25, 0.3) is 6.08 Å². The van der Waals surface area contributed by atoms with Crippen LogP contribution in [0.1, 0.15) is 5.56 Å². The second-order valence-electron chi connectivity index (χ2n) is 2.75. The summed E-state index contributed by atoms with van der Waals surface area (Å²) in [5.74, 6) is 5.31. The number of allylic oxidation sites excluding steroid dienone is 3. The highest BCUT2D eigenvalue weighted by atomic mass is 15.2. The van der Waals surface area contributed by atoms with Crippen LogP contribution in [0, 0.1) is 0 Å². The lowest BCUT2D eigenvalue weighted by Gasteiger charge is -1.98. The summed E-state index contributed by atoms with van der Waals surface area (Å²) in [4.78, 5) is 0. The summed E-state index contributed by atoms with van der Waals surface area (Å²) in [6.45, 7) is 3.60. The van der Waals surface area contributed by atoms with Crippen molar-refractivity contribution < 1.29 is 0 Å². The zero-order valence-corrected chi connectivity index (χ0v) is 7.98. The molecule has 0 aromatic heterocycles. The van der Waals surface area contributed by atoms with E-state index < -0.39 is 0 Å². The molecule has 0 spiro atoms. The molecule has 2 nitrogen and oxygen atoms in total. The fourth-order valence-corrected chi connectivity index (χ4v) is 1.03. The van der Waals surface area contributed by atoms with E-state index in [-0.39, 0.29) is 0 Å². The molecule has 1 rings (SSSR count). The van der Waals surface area contributed by atoms with E-state index in [1.54, 1.807) is 12.2 Å². The number of hydrogen-bond donors (Lipinski definition) is 2. The summed E-state index contributed by atoms with van der Waals surface area (Å²) >= 11 is 0. The molecule has 0 saturated heterocycles. The number of benzene rings is 1. The van der Waals surface area contributed by atoms with Crippen molar-refractivity contribution in [2.24, 2.45) is 5.84 Å². The first kappa shape index (κ1) is 10.3. The third-order valence-electron chi connectivity index (χ3n) is 1.72. The third kappa shape index (κ3) is 3.29. The molecular weight excluding hydrogens is 172 g/mol. The maximum atomic E-state index is 5.31. The van der Waals surface area contributed by atoms with Gasteiger partial charge in [0, 0.05) is 5.70 Å². The lowest BCUT2D eigenvalue weighted by molar-refractivity contribution is 0.918. The first-order valence-corrected chi connectivity index (χ1v) is 4.39. The fourth-order valence-electron chi connectivity index (χ4n) is 1.03. The Morgan fingerprint density at radius 3 is 2.57 bits per heavy atom. The van der Waals surface area contributed by atoms with Gasteiger partial charge in [0.15, 0.2) is 0 Å². The van der Waals surface area contributed by atoms with Crippen molar-refractivity contribution >= 4 is 6.08 Å². The SMILES string of the molecule is C=C/C=C(\C=C/c1ccccc1)NN. The smallest absolute Gasteiger partial charge is 0.0485 e. The molecule has 0 aliphatic carbocycles. The minimum atomic E-state index is 0.823. The van der Waals surface area contributed by atoms with E-state index in [2.05, 4.69) is 12.0 Å². The average Bonchev–Trinajstić information content (AvgIpc) is 2.25. The predicted octanol–water partition coefficient (Wildman–Crippen LogP) is 2.23. The Morgan fingerprint density at radius 1 is 1.29 bits per heavy atom. The van der Waals surface area contributed by atoms with Crippen molar-refractivity contribution in [3.8, 4) is 0 Å². The molecule has 0 heterocycles. The van der Waals surface area contributed by atoms with E-state index in [4.69, 9.17) is 5.84 Å². The molecule has 0 saturated carbocycles. The molecule has 0 aliphatic rings. The number of nitrogens with two attached hydrogens (primary N) is 1. The molecule has 0 fully saturated rings. The summed E-state index contributed by atoms with van der Waals surface area (Å²) in [6.07, 6.45) is 7.37. The van der Waals surface area contributed by atoms with E-state index in [0.717, 1.165) is 11.3 Å². The number of hydrazine groups is 1. The Bertz CT molecular complexity index is 337. The second-order valence-corrected chi connectivity index (χ2v) is 2.75. The lowest BCUT2D eigenvalue weighted by atomic mass is 10.2. The molecule has 14 heavy (non-hydrogen) atoms. The molecule has 0 atom stereocenters. The lowest BCUT2D eigenvalue weighted by Crippen LogP contribution is -2.19. The first-order chi connectivity index (χ1) is 6.86. The van der Waals surface area contributed by atoms with Crippen LogP contribution in [0.4, 0.5) is 0 Å². The molecule has 1 aromatic carbocycles. The van der Waals surface area contributed by atoms with Gasteiger partial charge in [-0.2, -0.15) is 0 Å². The Balaban J connectivity index is 2.72. The maximum absolute atomic E-state index is 5.31. The molecular formula is C12H14N2. The van der Waals surface area contributed by atoms with Gasteiger partial charge in [-0.3, -0.25) is 5.84 Å². The zero-order chi connectivity index (χ0) is 10.2. The van der Waals surface area contributed by atoms with Gasteiger partial charge in [-0.15, -0.1) is 0 Å². The summed E-state index contributed by atoms with van der Waals surface area (Å²) < 4.78 is 0. The topological polar surface area (TPSA) is 38.0 Å². The van der Waals surface area contributed by atoms with Crippen LogP contribution in [0.15, 0.2) is 60.8 Å². The predicted molar refractivity (Wildman–Crippen MR) is 61.1 cm³/mol. The number of nitrogens with one attached hydrogen (secondary N) is 1. The van der Waals surface area contributed by atoms with Crippen molar-refractivity contribution in [2.45, 2.75) is 0 Å². The van der Waals surface area contributed by atoms with Crippen LogP contribution in [-0.2, 0) is 0 Å². The number of rotatable bonds is 4. The van der Waals surface area contributed by atoms with Gasteiger partial charge in [0.05, 0.1) is 0 Å². The van der Waals surface area contributed by atoms with E-state index in [9.17, 15) is 0 Å². The van der Waals surface area contributed by atoms with Crippen molar-refractivity contribution in [1.82, 2.24) is 5.43 Å². The molecule has 2 heteroatoms. The molecule has 72 valence electrons. The minimum Gasteiger partial charge on any atom is -0.324 e. The average molecular weight is 186 g/mol. The summed E-state index contributed by atoms with van der Waals surface area (Å²) in [6, 6.07) is 10.0. The van der Waals surface area contributed by atoms with Gasteiger partial charge in [-0.05, 0) is 17.7 Å². The van der Waals surface area contributed by atoms with Crippen LogP contribution in [0.2, 0.25) is 0 Å². The van der Waals surface area contributed by atoms with Crippen molar-refractivity contribution in [3.63, 3.8) is 0 Å². The fraction of sp³-hybridized carbons (Fsp3) is 0. The van der Waals surface area contributed by atoms with E-state index in [1.165, 1.54) is 0 Å². The van der Waals surface area contributed by atoms with Gasteiger partial charge in [-0.25, -0.2) is 0 Å². The van der Waals surface area contributed by atoms with E-state index >= 15 is 0 Å². The molecule has 0 radical (unpaired) electrons. The second kappa shape index (κ2) is 5.78. The third-order valence-corrected chi connectivity index (χ3v) is 1.72. The standard InChI is InChI=1S/C12H14N2/c1-2-6-12(14-13)10-9-11-7-4-3-5-8-11/h2-10,14H,1,13H2/b10-9-,12-6+. The molecule has 0 aliphatic heterocycles. The van der Waals surface area contributed by atoms with Crippen molar-refractivity contribution in [3.05, 3.63) is 66.4 Å². The van der Waals surface area contributed by atoms with Gasteiger partial charge in [0.1, 0.15) is 0 Å². The van der Waals surface area contributed by atoms with Crippen molar-refractivity contribution in [1.29, 1.82) is 0 Å². The van der Waals surface area contributed by atoms with Gasteiger partial charge in [0.2, 0.25) is 0 Å². The molecule has 1 aromatic rings. The highest BCUT2D eigenvalue weighted by Gasteiger charge is 1.85. The largest absolute Gasteiger partial charge is 0.324 e. The quantitative estimate of drug-likeness (QED) is 0.430. The van der Waals surface area contributed by atoms with Crippen LogP contribution in [0.5, 0.6) is 0 Å². The van der Waals surface area contributed by atoms with Crippen molar-refractivity contribution in [2.75, 3.05) is 0 Å². The van der Waals surface area contributed by atoms with Gasteiger partial charge in [0.25, 0.3) is 0 Å². The van der Waals surface area contributed by atoms with Crippen LogP contribution in [0.3, 0.4) is 0 Å². The normalized spacial score (nSPS) is 11.6. The number of hydrogen-bond acceptors (Lipinski definition) is 2. The van der Waals surface area contributed by atoms with Gasteiger partial charge in [-0.1, -0.05) is 49.1 Å². The van der Waals surface area contributed by atoms with Gasteiger partial charge >= 0.3 is 0 Å². The zero-order valence-electron chi connectivity index (χ0n) is 7.98. The summed E-state index contributed by atoms with van der Waals surface area (Å²) in [5.41, 5.74) is 4.54. The Kier molecular flexibility index (Phi) is 4.24. The summed E-state index contributed by atoms with van der Waals surface area (Å²) in [7, 11) is 0. The molecule has 0 unspecified atom stereocenters. The van der Waals surface area contributed by atoms with Crippen LogP contribution < -0.4 is 11.3 Å². The minimum absolute atomic E-state index is 0.823. The van der Waals surface area contributed by atoms with Crippen LogP contribution >= 0.6 is 0 Å². The Hall–Kier alpha value is -1.80. The monoisotopic (exact) mass is 186 g/mol. The van der Waals surface area contributed by atoms with E-state index in [1.807, 2.05) is 42.5 Å². The first-order valence-electron chi connectivity index (χ1n) is 4.39.